The molecule has 1 aliphatic rings. The molecule has 1 heterocycles. The van der Waals surface area contributed by atoms with Gasteiger partial charge < -0.3 is 5.32 Å². The van der Waals surface area contributed by atoms with Gasteiger partial charge in [0, 0.05) is 5.56 Å². The highest BCUT2D eigenvalue weighted by Crippen LogP contribution is 2.21. The van der Waals surface area contributed by atoms with E-state index in [0.29, 0.717) is 11.5 Å². The quantitative estimate of drug-likeness (QED) is 0.718. The predicted molar refractivity (Wildman–Crippen MR) is 101 cm³/mol. The van der Waals surface area contributed by atoms with Crippen LogP contribution in [0.4, 0.5) is 0 Å². The molecule has 0 fully saturated rings. The maximum absolute atomic E-state index is 12.2. The fourth-order valence-corrected chi connectivity index (χ4v) is 2.76. The Morgan fingerprint density at radius 3 is 1.88 bits per heavy atom. The van der Waals surface area contributed by atoms with Gasteiger partial charge in [-0.25, -0.2) is 4.99 Å². The largest absolute Gasteiger partial charge is 0.305 e. The van der Waals surface area contributed by atoms with Crippen molar-refractivity contribution in [3.8, 4) is 11.1 Å². The van der Waals surface area contributed by atoms with E-state index in [2.05, 4.69) is 34.6 Å². The first-order chi connectivity index (χ1) is 12.3. The lowest BCUT2D eigenvalue weighted by atomic mass is 10.0. The lowest BCUT2D eigenvalue weighted by molar-refractivity contribution is -0.115. The lowest BCUT2D eigenvalue weighted by Crippen LogP contribution is -2.24. The number of benzene rings is 3. The van der Waals surface area contributed by atoms with E-state index < -0.39 is 0 Å². The monoisotopic (exact) mass is 324 g/mol. The number of hydrogen-bond acceptors (Lipinski definition) is 2. The van der Waals surface area contributed by atoms with Gasteiger partial charge in [0.05, 0.1) is 0 Å². The molecule has 0 atom stereocenters. The summed E-state index contributed by atoms with van der Waals surface area (Å²) in [6, 6.07) is 27.9. The van der Waals surface area contributed by atoms with Gasteiger partial charge in [-0.3, -0.25) is 4.79 Å². The smallest absolute Gasteiger partial charge is 0.275 e. The summed E-state index contributed by atoms with van der Waals surface area (Å²) in [6.45, 7) is 0. The second-order valence-corrected chi connectivity index (χ2v) is 5.80. The number of carbonyl (C=O) groups is 1. The van der Waals surface area contributed by atoms with Crippen molar-refractivity contribution in [1.82, 2.24) is 5.32 Å². The first-order valence-corrected chi connectivity index (χ1v) is 8.12. The van der Waals surface area contributed by atoms with E-state index in [0.717, 1.165) is 16.7 Å². The maximum atomic E-state index is 12.2. The summed E-state index contributed by atoms with van der Waals surface area (Å²) in [5.41, 5.74) is 4.59. The van der Waals surface area contributed by atoms with Crippen LogP contribution in [0.25, 0.3) is 17.2 Å². The summed E-state index contributed by atoms with van der Waals surface area (Å²) in [4.78, 5) is 16.6. The molecule has 0 bridgehead atoms. The molecule has 4 rings (SSSR count). The number of aliphatic imine (C=N–C) groups is 1. The summed E-state index contributed by atoms with van der Waals surface area (Å²) < 4.78 is 0. The zero-order chi connectivity index (χ0) is 17.1. The standard InChI is InChI=1S/C22H16N2O/c25-22-20(23-21(24-22)19-9-5-2-6-10-19)15-16-11-13-18(14-12-16)17-7-3-1-4-8-17/h1-15H,(H,23,24,25)/b20-15-. The Morgan fingerprint density at radius 1 is 0.680 bits per heavy atom. The van der Waals surface area contributed by atoms with Crippen molar-refractivity contribution in [2.75, 3.05) is 0 Å². The van der Waals surface area contributed by atoms with E-state index >= 15 is 0 Å². The molecule has 0 saturated carbocycles. The SMILES string of the molecule is O=C1NC(c2ccccc2)=N/C1=C\c1ccc(-c2ccccc2)cc1. The normalized spacial score (nSPS) is 15.1. The fraction of sp³-hybridized carbons (Fsp3) is 0. The van der Waals surface area contributed by atoms with E-state index in [-0.39, 0.29) is 5.91 Å². The Labute approximate surface area is 146 Å². The van der Waals surface area contributed by atoms with Gasteiger partial charge in [-0.05, 0) is 22.8 Å². The van der Waals surface area contributed by atoms with Gasteiger partial charge in [0.25, 0.3) is 5.91 Å². The van der Waals surface area contributed by atoms with Gasteiger partial charge in [-0.15, -0.1) is 0 Å². The molecule has 120 valence electrons. The van der Waals surface area contributed by atoms with Crippen molar-refractivity contribution in [2.45, 2.75) is 0 Å². The van der Waals surface area contributed by atoms with Crippen LogP contribution in [0.3, 0.4) is 0 Å². The van der Waals surface area contributed by atoms with Gasteiger partial charge >= 0.3 is 0 Å². The number of carbonyl (C=O) groups excluding carboxylic acids is 1. The van der Waals surface area contributed by atoms with Crippen LogP contribution in [0.15, 0.2) is 95.6 Å². The van der Waals surface area contributed by atoms with Gasteiger partial charge in [0.15, 0.2) is 0 Å². The van der Waals surface area contributed by atoms with Gasteiger partial charge in [0.2, 0.25) is 0 Å². The number of amides is 1. The van der Waals surface area contributed by atoms with Crippen LogP contribution in [0, 0.1) is 0 Å². The molecule has 25 heavy (non-hydrogen) atoms. The molecule has 0 radical (unpaired) electrons. The molecule has 1 amide bonds. The Kier molecular flexibility index (Phi) is 3.97. The number of nitrogens with one attached hydrogen (secondary N) is 1. The van der Waals surface area contributed by atoms with Crippen molar-refractivity contribution in [3.05, 3.63) is 102 Å². The first kappa shape index (κ1) is 15.1. The summed E-state index contributed by atoms with van der Waals surface area (Å²) in [5, 5.41) is 2.82. The van der Waals surface area contributed by atoms with E-state index in [9.17, 15) is 4.79 Å². The summed E-state index contributed by atoms with van der Waals surface area (Å²) in [6.07, 6.45) is 1.81. The van der Waals surface area contributed by atoms with E-state index in [1.807, 2.05) is 60.7 Å². The summed E-state index contributed by atoms with van der Waals surface area (Å²) in [5.74, 6) is 0.420. The molecule has 3 nitrogen and oxygen atoms in total. The van der Waals surface area contributed by atoms with E-state index in [1.165, 1.54) is 5.56 Å². The fourth-order valence-electron chi connectivity index (χ4n) is 2.76. The topological polar surface area (TPSA) is 41.5 Å². The summed E-state index contributed by atoms with van der Waals surface area (Å²) >= 11 is 0. The number of nitrogens with zero attached hydrogens (tertiary/aromatic N) is 1. The van der Waals surface area contributed by atoms with Gasteiger partial charge in [-0.2, -0.15) is 0 Å². The van der Waals surface area contributed by atoms with Crippen LogP contribution in [0.1, 0.15) is 11.1 Å². The Balaban J connectivity index is 1.60. The third kappa shape index (κ3) is 3.26. The Hall–Kier alpha value is -3.46. The molecule has 1 aliphatic heterocycles. The number of amidine groups is 1. The minimum Gasteiger partial charge on any atom is -0.305 e. The van der Waals surface area contributed by atoms with Crippen molar-refractivity contribution < 1.29 is 4.79 Å². The van der Waals surface area contributed by atoms with Crippen molar-refractivity contribution in [2.24, 2.45) is 4.99 Å². The third-order valence-electron chi connectivity index (χ3n) is 4.07. The molecule has 0 aliphatic carbocycles. The van der Waals surface area contributed by atoms with Crippen LogP contribution in [-0.2, 0) is 4.79 Å². The van der Waals surface area contributed by atoms with Crippen molar-refractivity contribution >= 4 is 17.8 Å². The molecule has 0 aromatic heterocycles. The zero-order valence-electron chi connectivity index (χ0n) is 13.5. The lowest BCUT2D eigenvalue weighted by Gasteiger charge is -2.02. The second-order valence-electron chi connectivity index (χ2n) is 5.80. The molecule has 0 unspecified atom stereocenters. The number of hydrogen-bond donors (Lipinski definition) is 1. The number of rotatable bonds is 3. The second kappa shape index (κ2) is 6.57. The van der Waals surface area contributed by atoms with Crippen LogP contribution in [0.2, 0.25) is 0 Å². The maximum Gasteiger partial charge on any atom is 0.275 e. The Morgan fingerprint density at radius 2 is 1.24 bits per heavy atom. The average molecular weight is 324 g/mol. The molecular formula is C22H16N2O. The molecule has 3 heteroatoms. The minimum absolute atomic E-state index is 0.175. The zero-order valence-corrected chi connectivity index (χ0v) is 13.5. The molecule has 0 spiro atoms. The predicted octanol–water partition coefficient (Wildman–Crippen LogP) is 4.27. The first-order valence-electron chi connectivity index (χ1n) is 8.12. The Bertz CT molecular complexity index is 956. The van der Waals surface area contributed by atoms with Gasteiger partial charge in [-0.1, -0.05) is 84.9 Å². The van der Waals surface area contributed by atoms with Crippen LogP contribution in [-0.4, -0.2) is 11.7 Å². The molecule has 3 aromatic carbocycles. The van der Waals surface area contributed by atoms with Gasteiger partial charge in [0.1, 0.15) is 11.5 Å². The summed E-state index contributed by atoms with van der Waals surface area (Å²) in [7, 11) is 0. The highest BCUT2D eigenvalue weighted by molar-refractivity contribution is 6.19. The highest BCUT2D eigenvalue weighted by Gasteiger charge is 2.20. The molecule has 0 saturated heterocycles. The van der Waals surface area contributed by atoms with E-state index in [1.54, 1.807) is 6.08 Å². The van der Waals surface area contributed by atoms with Crippen LogP contribution < -0.4 is 5.32 Å². The molecular weight excluding hydrogens is 308 g/mol. The third-order valence-corrected chi connectivity index (χ3v) is 4.07. The van der Waals surface area contributed by atoms with Crippen molar-refractivity contribution in [1.29, 1.82) is 0 Å². The van der Waals surface area contributed by atoms with E-state index in [4.69, 9.17) is 0 Å². The molecule has 1 N–H and O–H groups in total. The average Bonchev–Trinajstić information content (AvgIpc) is 3.04. The highest BCUT2D eigenvalue weighted by atomic mass is 16.2. The molecule has 3 aromatic rings. The van der Waals surface area contributed by atoms with Crippen molar-refractivity contribution in [3.63, 3.8) is 0 Å². The minimum atomic E-state index is -0.175. The van der Waals surface area contributed by atoms with Crippen LogP contribution >= 0.6 is 0 Å². The van der Waals surface area contributed by atoms with Crippen LogP contribution in [0.5, 0.6) is 0 Å².